The Morgan fingerprint density at radius 3 is 2.63 bits per heavy atom. The summed E-state index contributed by atoms with van der Waals surface area (Å²) in [4.78, 5) is 14.0. The van der Waals surface area contributed by atoms with E-state index < -0.39 is 0 Å². The molecule has 1 amide bonds. The first kappa shape index (κ1) is 14.6. The van der Waals surface area contributed by atoms with Crippen LogP contribution in [0.5, 0.6) is 0 Å². The molecule has 1 heterocycles. The van der Waals surface area contributed by atoms with Crippen LogP contribution in [-0.2, 0) is 11.2 Å². The maximum Gasteiger partial charge on any atom is 0.227 e. The first-order valence-electron chi connectivity index (χ1n) is 6.42. The lowest BCUT2D eigenvalue weighted by molar-refractivity contribution is -0.132. The fourth-order valence-corrected chi connectivity index (χ4v) is 2.70. The van der Waals surface area contributed by atoms with Crippen molar-refractivity contribution in [3.8, 4) is 0 Å². The third-order valence-corrected chi connectivity index (χ3v) is 4.18. The Hall–Kier alpha value is -0.770. The zero-order chi connectivity index (χ0) is 13.8. The molecule has 1 N–H and O–H groups in total. The lowest BCUT2D eigenvalue weighted by Gasteiger charge is -2.31. The maximum absolute atomic E-state index is 12.2. The predicted octanol–water partition coefficient (Wildman–Crippen LogP) is 2.77. The summed E-state index contributed by atoms with van der Waals surface area (Å²) >= 11 is 12.0. The van der Waals surface area contributed by atoms with E-state index in [1.165, 1.54) is 0 Å². The number of hydrogen-bond acceptors (Lipinski definition) is 2. The first-order valence-corrected chi connectivity index (χ1v) is 7.18. The van der Waals surface area contributed by atoms with Gasteiger partial charge in [-0.05, 0) is 42.5 Å². The molecule has 104 valence electrons. The first-order chi connectivity index (χ1) is 9.10. The van der Waals surface area contributed by atoms with E-state index >= 15 is 0 Å². The average Bonchev–Trinajstić information content (AvgIpc) is 2.43. The fourth-order valence-electron chi connectivity index (χ4n) is 2.32. The molecule has 0 aliphatic carbocycles. The SMILES string of the molecule is O=C(Cc1cc(Cl)ccc1Cl)N1CCC(CO)CC1. The average molecular weight is 302 g/mol. The van der Waals surface area contributed by atoms with Crippen LogP contribution in [0.3, 0.4) is 0 Å². The monoisotopic (exact) mass is 301 g/mol. The number of carbonyl (C=O) groups is 1. The number of amides is 1. The van der Waals surface area contributed by atoms with E-state index in [0.717, 1.165) is 18.4 Å². The van der Waals surface area contributed by atoms with E-state index in [1.807, 2.05) is 4.90 Å². The van der Waals surface area contributed by atoms with Gasteiger partial charge < -0.3 is 10.0 Å². The highest BCUT2D eigenvalue weighted by Crippen LogP contribution is 2.23. The summed E-state index contributed by atoms with van der Waals surface area (Å²) in [5, 5.41) is 10.2. The second-order valence-electron chi connectivity index (χ2n) is 4.92. The Kier molecular flexibility index (Phi) is 5.08. The van der Waals surface area contributed by atoms with Crippen LogP contribution in [0, 0.1) is 5.92 Å². The summed E-state index contributed by atoms with van der Waals surface area (Å²) in [7, 11) is 0. The van der Waals surface area contributed by atoms with Gasteiger partial charge in [0.15, 0.2) is 0 Å². The molecule has 2 rings (SSSR count). The van der Waals surface area contributed by atoms with Crippen molar-refractivity contribution in [2.45, 2.75) is 19.3 Å². The van der Waals surface area contributed by atoms with Gasteiger partial charge in [-0.15, -0.1) is 0 Å². The number of nitrogens with zero attached hydrogens (tertiary/aromatic N) is 1. The summed E-state index contributed by atoms with van der Waals surface area (Å²) in [6.45, 7) is 1.63. The highest BCUT2D eigenvalue weighted by molar-refractivity contribution is 6.33. The molecule has 0 unspecified atom stereocenters. The Balaban J connectivity index is 1.96. The molecule has 5 heteroatoms. The summed E-state index contributed by atoms with van der Waals surface area (Å²) in [6, 6.07) is 5.16. The van der Waals surface area contributed by atoms with Crippen LogP contribution in [0.15, 0.2) is 18.2 Å². The Bertz CT molecular complexity index is 457. The number of aliphatic hydroxyl groups excluding tert-OH is 1. The van der Waals surface area contributed by atoms with Gasteiger partial charge in [0.05, 0.1) is 6.42 Å². The van der Waals surface area contributed by atoms with Crippen LogP contribution in [-0.4, -0.2) is 35.6 Å². The van der Waals surface area contributed by atoms with E-state index in [9.17, 15) is 4.79 Å². The Morgan fingerprint density at radius 2 is 2.00 bits per heavy atom. The normalized spacial score (nSPS) is 16.7. The molecule has 1 aliphatic heterocycles. The van der Waals surface area contributed by atoms with E-state index in [1.54, 1.807) is 18.2 Å². The third-order valence-electron chi connectivity index (χ3n) is 3.57. The van der Waals surface area contributed by atoms with Crippen LogP contribution in [0.25, 0.3) is 0 Å². The second kappa shape index (κ2) is 6.60. The topological polar surface area (TPSA) is 40.5 Å². The number of likely N-dealkylation sites (tertiary alicyclic amines) is 1. The molecular formula is C14H17Cl2NO2. The summed E-state index contributed by atoms with van der Waals surface area (Å²) < 4.78 is 0. The molecule has 1 aromatic rings. The molecule has 1 aromatic carbocycles. The lowest BCUT2D eigenvalue weighted by Crippen LogP contribution is -2.40. The van der Waals surface area contributed by atoms with Crippen molar-refractivity contribution >= 4 is 29.1 Å². The fraction of sp³-hybridized carbons (Fsp3) is 0.500. The van der Waals surface area contributed by atoms with Crippen molar-refractivity contribution in [2.75, 3.05) is 19.7 Å². The molecule has 0 radical (unpaired) electrons. The lowest BCUT2D eigenvalue weighted by atomic mass is 9.97. The van der Waals surface area contributed by atoms with E-state index in [-0.39, 0.29) is 18.9 Å². The molecule has 19 heavy (non-hydrogen) atoms. The highest BCUT2D eigenvalue weighted by Gasteiger charge is 2.22. The van der Waals surface area contributed by atoms with E-state index in [4.69, 9.17) is 28.3 Å². The molecule has 3 nitrogen and oxygen atoms in total. The van der Waals surface area contributed by atoms with Gasteiger partial charge in [0, 0.05) is 29.7 Å². The standard InChI is InChI=1S/C14H17Cl2NO2/c15-12-1-2-13(16)11(7-12)8-14(19)17-5-3-10(9-18)4-6-17/h1-2,7,10,18H,3-6,8-9H2. The maximum atomic E-state index is 12.2. The minimum absolute atomic E-state index is 0.0700. The molecule has 0 saturated carbocycles. The van der Waals surface area contributed by atoms with Gasteiger partial charge in [-0.1, -0.05) is 23.2 Å². The zero-order valence-electron chi connectivity index (χ0n) is 10.6. The number of piperidine rings is 1. The minimum atomic E-state index is 0.0700. The second-order valence-corrected chi connectivity index (χ2v) is 5.76. The Labute approximate surface area is 123 Å². The number of hydrogen-bond donors (Lipinski definition) is 1. The van der Waals surface area contributed by atoms with E-state index in [2.05, 4.69) is 0 Å². The molecular weight excluding hydrogens is 285 g/mol. The van der Waals surface area contributed by atoms with Gasteiger partial charge >= 0.3 is 0 Å². The van der Waals surface area contributed by atoms with Gasteiger partial charge in [0.25, 0.3) is 0 Å². The van der Waals surface area contributed by atoms with Crippen molar-refractivity contribution in [3.05, 3.63) is 33.8 Å². The van der Waals surface area contributed by atoms with Crippen LogP contribution in [0.4, 0.5) is 0 Å². The molecule has 1 fully saturated rings. The molecule has 0 aromatic heterocycles. The van der Waals surface area contributed by atoms with Crippen molar-refractivity contribution in [2.24, 2.45) is 5.92 Å². The number of rotatable bonds is 3. The highest BCUT2D eigenvalue weighted by atomic mass is 35.5. The minimum Gasteiger partial charge on any atom is -0.396 e. The van der Waals surface area contributed by atoms with Crippen molar-refractivity contribution in [1.29, 1.82) is 0 Å². The molecule has 0 spiro atoms. The summed E-state index contributed by atoms with van der Waals surface area (Å²) in [5.41, 5.74) is 0.767. The summed E-state index contributed by atoms with van der Waals surface area (Å²) in [6.07, 6.45) is 2.01. The summed E-state index contributed by atoms with van der Waals surface area (Å²) in [5.74, 6) is 0.402. The van der Waals surface area contributed by atoms with Crippen molar-refractivity contribution in [3.63, 3.8) is 0 Å². The Morgan fingerprint density at radius 1 is 1.32 bits per heavy atom. The van der Waals surface area contributed by atoms with Crippen LogP contribution in [0.2, 0.25) is 10.0 Å². The van der Waals surface area contributed by atoms with Gasteiger partial charge in [-0.2, -0.15) is 0 Å². The molecule has 1 saturated heterocycles. The smallest absolute Gasteiger partial charge is 0.227 e. The number of benzene rings is 1. The van der Waals surface area contributed by atoms with Gasteiger partial charge in [-0.25, -0.2) is 0 Å². The quantitative estimate of drug-likeness (QED) is 0.932. The van der Waals surface area contributed by atoms with Gasteiger partial charge in [0.1, 0.15) is 0 Å². The van der Waals surface area contributed by atoms with Gasteiger partial charge in [0.2, 0.25) is 5.91 Å². The number of halogens is 2. The molecule has 0 bridgehead atoms. The van der Waals surface area contributed by atoms with Crippen molar-refractivity contribution < 1.29 is 9.90 Å². The molecule has 0 atom stereocenters. The largest absolute Gasteiger partial charge is 0.396 e. The van der Waals surface area contributed by atoms with Crippen molar-refractivity contribution in [1.82, 2.24) is 4.90 Å². The molecule has 1 aliphatic rings. The van der Waals surface area contributed by atoms with Crippen LogP contribution < -0.4 is 0 Å². The van der Waals surface area contributed by atoms with Crippen LogP contribution >= 0.6 is 23.2 Å². The third kappa shape index (κ3) is 3.85. The number of aliphatic hydroxyl groups is 1. The van der Waals surface area contributed by atoms with Gasteiger partial charge in [-0.3, -0.25) is 4.79 Å². The predicted molar refractivity (Wildman–Crippen MR) is 76.6 cm³/mol. The van der Waals surface area contributed by atoms with Crippen LogP contribution in [0.1, 0.15) is 18.4 Å². The zero-order valence-corrected chi connectivity index (χ0v) is 12.1. The van der Waals surface area contributed by atoms with E-state index in [0.29, 0.717) is 29.1 Å². The number of carbonyl (C=O) groups excluding carboxylic acids is 1.